The lowest BCUT2D eigenvalue weighted by atomic mass is 9.94. The number of carbonyl (C=O) groups is 2. The van der Waals surface area contributed by atoms with Crippen molar-refractivity contribution in [2.24, 2.45) is 5.73 Å². The first-order valence-electron chi connectivity index (χ1n) is 10.2. The van der Waals surface area contributed by atoms with Crippen LogP contribution in [-0.2, 0) is 11.2 Å². The van der Waals surface area contributed by atoms with E-state index in [1.165, 1.54) is 16.7 Å². The molecule has 0 heterocycles. The van der Waals surface area contributed by atoms with Crippen molar-refractivity contribution < 1.29 is 27.9 Å². The predicted molar refractivity (Wildman–Crippen MR) is 115 cm³/mol. The fourth-order valence-corrected chi connectivity index (χ4v) is 3.20. The topological polar surface area (TPSA) is 80.4 Å². The number of halogens is 3. The van der Waals surface area contributed by atoms with E-state index in [1.54, 1.807) is 0 Å². The summed E-state index contributed by atoms with van der Waals surface area (Å²) in [6.45, 7) is 6.29. The van der Waals surface area contributed by atoms with Crippen LogP contribution in [0.4, 0.5) is 13.2 Å². The van der Waals surface area contributed by atoms with E-state index in [1.807, 2.05) is 31.2 Å². The highest BCUT2D eigenvalue weighted by Crippen LogP contribution is 2.23. The van der Waals surface area contributed by atoms with Gasteiger partial charge in [-0.1, -0.05) is 55.8 Å². The molecule has 0 aliphatic heterocycles. The molecular formula is C24H30F3NO3. The number of hydrogen-bond acceptors (Lipinski definition) is 3. The summed E-state index contributed by atoms with van der Waals surface area (Å²) in [5.41, 5.74) is 12.1. The number of alkyl halides is 3. The lowest BCUT2D eigenvalue weighted by Crippen LogP contribution is -2.21. The molecule has 2 rings (SSSR count). The molecule has 0 saturated carbocycles. The molecule has 0 aliphatic rings. The van der Waals surface area contributed by atoms with Crippen LogP contribution in [0.25, 0.3) is 0 Å². The zero-order valence-electron chi connectivity index (χ0n) is 18.1. The van der Waals surface area contributed by atoms with E-state index < -0.39 is 12.1 Å². The molecule has 3 N–H and O–H groups in total. The van der Waals surface area contributed by atoms with Gasteiger partial charge >= 0.3 is 12.1 Å². The maximum atomic E-state index is 12.3. The maximum Gasteiger partial charge on any atom is 0.490 e. The standard InChI is InChI=1S/C22H29NO.C2HF3O2/c1-4-18-13-14-19(17(3)15-18)21(23)11-7-8-12-22(24)20-10-6-5-9-16(20)2;3-2(4,5)1(6)7/h5-6,9-10,13-15,21H,4,7-8,11-12,23H2,1-3H3;(H,6,7). The summed E-state index contributed by atoms with van der Waals surface area (Å²) in [6.07, 6.45) is -0.628. The van der Waals surface area contributed by atoms with Gasteiger partial charge in [0.25, 0.3) is 0 Å². The second kappa shape index (κ2) is 12.2. The van der Waals surface area contributed by atoms with Gasteiger partial charge < -0.3 is 10.8 Å². The van der Waals surface area contributed by atoms with Crippen LogP contribution in [0, 0.1) is 13.8 Å². The van der Waals surface area contributed by atoms with E-state index in [0.29, 0.717) is 6.42 Å². The van der Waals surface area contributed by atoms with E-state index in [-0.39, 0.29) is 11.8 Å². The first-order chi connectivity index (χ1) is 14.5. The van der Waals surface area contributed by atoms with Gasteiger partial charge in [-0.05, 0) is 55.4 Å². The first-order valence-corrected chi connectivity index (χ1v) is 10.2. The Kier molecular flexibility index (Phi) is 10.4. The minimum atomic E-state index is -5.08. The Morgan fingerprint density at radius 2 is 1.65 bits per heavy atom. The van der Waals surface area contributed by atoms with Gasteiger partial charge in [0.15, 0.2) is 5.78 Å². The molecule has 7 heteroatoms. The summed E-state index contributed by atoms with van der Waals surface area (Å²) in [4.78, 5) is 21.2. The quantitative estimate of drug-likeness (QED) is 0.395. The lowest BCUT2D eigenvalue weighted by molar-refractivity contribution is -0.192. The first kappa shape index (κ1) is 26.4. The molecule has 2 aromatic carbocycles. The number of benzene rings is 2. The van der Waals surface area contributed by atoms with Gasteiger partial charge in [0, 0.05) is 18.0 Å². The van der Waals surface area contributed by atoms with E-state index >= 15 is 0 Å². The third-order valence-electron chi connectivity index (χ3n) is 5.00. The Labute approximate surface area is 181 Å². The summed E-state index contributed by atoms with van der Waals surface area (Å²) in [5, 5.41) is 7.12. The molecule has 0 radical (unpaired) electrons. The molecule has 0 aromatic heterocycles. The highest BCUT2D eigenvalue weighted by Gasteiger charge is 2.38. The average Bonchev–Trinajstić information content (AvgIpc) is 2.70. The van der Waals surface area contributed by atoms with Gasteiger partial charge in [0.05, 0.1) is 0 Å². The van der Waals surface area contributed by atoms with E-state index in [0.717, 1.165) is 36.8 Å². The van der Waals surface area contributed by atoms with Gasteiger partial charge in [-0.15, -0.1) is 0 Å². The molecule has 2 aromatic rings. The Balaban J connectivity index is 0.000000592. The Morgan fingerprint density at radius 3 is 2.16 bits per heavy atom. The number of carbonyl (C=O) groups excluding carboxylic acids is 1. The fraction of sp³-hybridized carbons (Fsp3) is 0.417. The van der Waals surface area contributed by atoms with Crippen LogP contribution in [0.3, 0.4) is 0 Å². The molecule has 0 saturated heterocycles. The predicted octanol–water partition coefficient (Wildman–Crippen LogP) is 5.94. The Bertz CT molecular complexity index is 879. The van der Waals surface area contributed by atoms with Crippen LogP contribution in [0.15, 0.2) is 42.5 Å². The molecule has 1 unspecified atom stereocenters. The fourth-order valence-electron chi connectivity index (χ4n) is 3.20. The molecule has 0 aliphatic carbocycles. The second-order valence-corrected chi connectivity index (χ2v) is 7.44. The van der Waals surface area contributed by atoms with Crippen molar-refractivity contribution in [3.63, 3.8) is 0 Å². The van der Waals surface area contributed by atoms with Crippen LogP contribution >= 0.6 is 0 Å². The normalized spacial score (nSPS) is 12.0. The van der Waals surface area contributed by atoms with Crippen LogP contribution in [0.5, 0.6) is 0 Å². The number of ketones is 1. The largest absolute Gasteiger partial charge is 0.490 e. The van der Waals surface area contributed by atoms with Gasteiger partial charge in [0.2, 0.25) is 0 Å². The Morgan fingerprint density at radius 1 is 1.03 bits per heavy atom. The number of Topliss-reactive ketones (excluding diaryl/α,β-unsaturated/α-hetero) is 1. The second-order valence-electron chi connectivity index (χ2n) is 7.44. The van der Waals surface area contributed by atoms with Crippen LogP contribution in [0.1, 0.15) is 71.3 Å². The number of carboxylic acid groups (broad SMARTS) is 1. The highest BCUT2D eigenvalue weighted by molar-refractivity contribution is 5.97. The molecule has 0 fully saturated rings. The van der Waals surface area contributed by atoms with Crippen LogP contribution in [-0.4, -0.2) is 23.0 Å². The van der Waals surface area contributed by atoms with Crippen LogP contribution < -0.4 is 5.73 Å². The van der Waals surface area contributed by atoms with E-state index in [4.69, 9.17) is 15.6 Å². The highest BCUT2D eigenvalue weighted by atomic mass is 19.4. The van der Waals surface area contributed by atoms with Gasteiger partial charge in [0.1, 0.15) is 0 Å². The number of unbranched alkanes of at least 4 members (excludes halogenated alkanes) is 1. The summed E-state index contributed by atoms with van der Waals surface area (Å²) in [6, 6.07) is 14.4. The van der Waals surface area contributed by atoms with Gasteiger partial charge in [-0.25, -0.2) is 4.79 Å². The zero-order valence-corrected chi connectivity index (χ0v) is 18.1. The van der Waals surface area contributed by atoms with Crippen molar-refractivity contribution in [2.75, 3.05) is 0 Å². The molecule has 31 heavy (non-hydrogen) atoms. The number of hydrogen-bond donors (Lipinski definition) is 2. The van der Waals surface area contributed by atoms with E-state index in [2.05, 4.69) is 32.0 Å². The van der Waals surface area contributed by atoms with Crippen LogP contribution in [0.2, 0.25) is 0 Å². The monoisotopic (exact) mass is 437 g/mol. The summed E-state index contributed by atoms with van der Waals surface area (Å²) >= 11 is 0. The molecule has 170 valence electrons. The molecule has 4 nitrogen and oxygen atoms in total. The number of aryl methyl sites for hydroxylation is 3. The third kappa shape index (κ3) is 8.92. The van der Waals surface area contributed by atoms with Crippen molar-refractivity contribution in [1.82, 2.24) is 0 Å². The maximum absolute atomic E-state index is 12.3. The smallest absolute Gasteiger partial charge is 0.475 e. The summed E-state index contributed by atoms with van der Waals surface area (Å²) in [7, 11) is 0. The van der Waals surface area contributed by atoms with Gasteiger partial charge in [-0.3, -0.25) is 4.79 Å². The van der Waals surface area contributed by atoms with Gasteiger partial charge in [-0.2, -0.15) is 13.2 Å². The SMILES string of the molecule is CCc1ccc(C(N)CCCCC(=O)c2ccccc2C)c(C)c1.O=C(O)C(F)(F)F. The molecule has 0 spiro atoms. The summed E-state index contributed by atoms with van der Waals surface area (Å²) < 4.78 is 31.7. The molecular weight excluding hydrogens is 407 g/mol. The minimum absolute atomic E-state index is 0.0597. The van der Waals surface area contributed by atoms with Crippen molar-refractivity contribution in [1.29, 1.82) is 0 Å². The van der Waals surface area contributed by atoms with E-state index in [9.17, 15) is 18.0 Å². The summed E-state index contributed by atoms with van der Waals surface area (Å²) in [5.74, 6) is -2.52. The zero-order chi connectivity index (χ0) is 23.6. The number of nitrogens with two attached hydrogens (primary N) is 1. The molecule has 0 amide bonds. The molecule has 1 atom stereocenters. The lowest BCUT2D eigenvalue weighted by Gasteiger charge is -2.15. The van der Waals surface area contributed by atoms with Crippen molar-refractivity contribution in [3.05, 3.63) is 70.3 Å². The minimum Gasteiger partial charge on any atom is -0.475 e. The van der Waals surface area contributed by atoms with Crippen molar-refractivity contribution >= 4 is 11.8 Å². The Hall–Kier alpha value is -2.67. The van der Waals surface area contributed by atoms with Crippen molar-refractivity contribution in [3.8, 4) is 0 Å². The number of carboxylic acids is 1. The number of rotatable bonds is 8. The van der Waals surface area contributed by atoms with Crippen molar-refractivity contribution in [2.45, 2.75) is 65.1 Å². The molecule has 0 bridgehead atoms. The average molecular weight is 438 g/mol. The third-order valence-corrected chi connectivity index (χ3v) is 5.00. The number of aliphatic carboxylic acids is 1.